The second-order valence-corrected chi connectivity index (χ2v) is 7.54. The Morgan fingerprint density at radius 1 is 1.21 bits per heavy atom. The fourth-order valence-corrected chi connectivity index (χ4v) is 3.81. The molecule has 144 valence electrons. The first-order valence-electron chi connectivity index (χ1n) is 9.25. The number of aromatic amines is 1. The molecular formula is C20H21N5O2S. The van der Waals surface area contributed by atoms with Crippen molar-refractivity contribution < 1.29 is 4.42 Å². The van der Waals surface area contributed by atoms with E-state index in [1.807, 2.05) is 42.6 Å². The summed E-state index contributed by atoms with van der Waals surface area (Å²) in [5, 5.41) is 10.9. The molecule has 1 N–H and O–H groups in total. The SMILES string of the molecule is CCCN(Cc1nnc(-c2cccs2)o1)[C@H](C)c1nc2ccccc2c(=O)[nH]1. The molecule has 0 aliphatic heterocycles. The molecule has 28 heavy (non-hydrogen) atoms. The Morgan fingerprint density at radius 2 is 2.07 bits per heavy atom. The molecule has 0 radical (unpaired) electrons. The minimum absolute atomic E-state index is 0.102. The van der Waals surface area contributed by atoms with E-state index < -0.39 is 0 Å². The molecule has 7 nitrogen and oxygen atoms in total. The molecule has 0 amide bonds. The lowest BCUT2D eigenvalue weighted by atomic mass is 10.2. The zero-order valence-electron chi connectivity index (χ0n) is 15.8. The van der Waals surface area contributed by atoms with E-state index in [2.05, 4.69) is 32.0 Å². The van der Waals surface area contributed by atoms with E-state index in [1.165, 1.54) is 0 Å². The molecule has 0 fully saturated rings. The number of nitrogens with zero attached hydrogens (tertiary/aromatic N) is 4. The highest BCUT2D eigenvalue weighted by atomic mass is 32.1. The van der Waals surface area contributed by atoms with Crippen molar-refractivity contribution in [1.29, 1.82) is 0 Å². The summed E-state index contributed by atoms with van der Waals surface area (Å²) in [6, 6.07) is 11.2. The summed E-state index contributed by atoms with van der Waals surface area (Å²) in [4.78, 5) is 23.1. The highest BCUT2D eigenvalue weighted by molar-refractivity contribution is 7.13. The maximum absolute atomic E-state index is 12.4. The smallest absolute Gasteiger partial charge is 0.258 e. The van der Waals surface area contributed by atoms with Crippen molar-refractivity contribution in [3.05, 3.63) is 63.8 Å². The van der Waals surface area contributed by atoms with Crippen molar-refractivity contribution in [1.82, 2.24) is 25.1 Å². The fraction of sp³-hybridized carbons (Fsp3) is 0.300. The summed E-state index contributed by atoms with van der Waals surface area (Å²) in [6.07, 6.45) is 0.952. The maximum atomic E-state index is 12.4. The summed E-state index contributed by atoms with van der Waals surface area (Å²) in [5.74, 6) is 1.72. The van der Waals surface area contributed by atoms with E-state index in [1.54, 1.807) is 17.4 Å². The van der Waals surface area contributed by atoms with Gasteiger partial charge in [0.1, 0.15) is 5.82 Å². The number of thiophene rings is 1. The molecular weight excluding hydrogens is 374 g/mol. The molecule has 4 rings (SSSR count). The number of hydrogen-bond donors (Lipinski definition) is 1. The van der Waals surface area contributed by atoms with Gasteiger partial charge in [0.2, 0.25) is 5.89 Å². The van der Waals surface area contributed by atoms with Gasteiger partial charge in [-0.25, -0.2) is 4.98 Å². The van der Waals surface area contributed by atoms with Crippen molar-refractivity contribution in [2.45, 2.75) is 32.9 Å². The van der Waals surface area contributed by atoms with Crippen molar-refractivity contribution in [3.8, 4) is 10.8 Å². The molecule has 0 bridgehead atoms. The number of nitrogens with one attached hydrogen (secondary N) is 1. The molecule has 1 aromatic carbocycles. The second-order valence-electron chi connectivity index (χ2n) is 6.59. The second kappa shape index (κ2) is 8.04. The quantitative estimate of drug-likeness (QED) is 0.509. The maximum Gasteiger partial charge on any atom is 0.258 e. The van der Waals surface area contributed by atoms with Crippen LogP contribution in [0.5, 0.6) is 0 Å². The van der Waals surface area contributed by atoms with Crippen LogP contribution < -0.4 is 5.56 Å². The third-order valence-electron chi connectivity index (χ3n) is 4.62. The van der Waals surface area contributed by atoms with E-state index in [0.29, 0.717) is 35.1 Å². The molecule has 0 spiro atoms. The normalized spacial score (nSPS) is 12.7. The van der Waals surface area contributed by atoms with Gasteiger partial charge in [0.15, 0.2) is 0 Å². The molecule has 1 atom stereocenters. The molecule has 0 unspecified atom stereocenters. The number of hydrogen-bond acceptors (Lipinski definition) is 7. The summed E-state index contributed by atoms with van der Waals surface area (Å²) in [5.41, 5.74) is 0.573. The zero-order valence-corrected chi connectivity index (χ0v) is 16.6. The molecule has 0 saturated carbocycles. The molecule has 3 aromatic heterocycles. The minimum atomic E-state index is -0.123. The Kier molecular flexibility index (Phi) is 5.31. The highest BCUT2D eigenvalue weighted by Crippen LogP contribution is 2.25. The lowest BCUT2D eigenvalue weighted by molar-refractivity contribution is 0.177. The van der Waals surface area contributed by atoms with Crippen LogP contribution in [0.25, 0.3) is 21.7 Å². The Bertz CT molecular complexity index is 1120. The number of para-hydroxylation sites is 1. The Balaban J connectivity index is 1.60. The number of H-pyrrole nitrogens is 1. The zero-order chi connectivity index (χ0) is 19.5. The van der Waals surface area contributed by atoms with E-state index in [9.17, 15) is 4.79 Å². The van der Waals surface area contributed by atoms with Crippen molar-refractivity contribution >= 4 is 22.2 Å². The van der Waals surface area contributed by atoms with Crippen molar-refractivity contribution in [2.24, 2.45) is 0 Å². The average Bonchev–Trinajstić information content (AvgIpc) is 3.39. The Hall–Kier alpha value is -2.84. The first-order chi connectivity index (χ1) is 13.7. The van der Waals surface area contributed by atoms with Crippen molar-refractivity contribution in [2.75, 3.05) is 6.54 Å². The van der Waals surface area contributed by atoms with Crippen LogP contribution in [0.3, 0.4) is 0 Å². The van der Waals surface area contributed by atoms with Gasteiger partial charge >= 0.3 is 0 Å². The van der Waals surface area contributed by atoms with Crippen LogP contribution in [-0.4, -0.2) is 31.6 Å². The van der Waals surface area contributed by atoms with Gasteiger partial charge in [-0.3, -0.25) is 9.69 Å². The molecule has 0 aliphatic rings. The Morgan fingerprint density at radius 3 is 2.86 bits per heavy atom. The van der Waals surface area contributed by atoms with Gasteiger partial charge in [0.05, 0.1) is 28.4 Å². The Labute approximate surface area is 166 Å². The molecule has 8 heteroatoms. The summed E-state index contributed by atoms with van der Waals surface area (Å²) in [7, 11) is 0. The van der Waals surface area contributed by atoms with Gasteiger partial charge in [-0.2, -0.15) is 0 Å². The van der Waals surface area contributed by atoms with Gasteiger partial charge < -0.3 is 9.40 Å². The van der Waals surface area contributed by atoms with Crippen LogP contribution in [-0.2, 0) is 6.54 Å². The third-order valence-corrected chi connectivity index (χ3v) is 5.48. The minimum Gasteiger partial charge on any atom is -0.419 e. The number of rotatable bonds is 7. The predicted octanol–water partition coefficient (Wildman–Crippen LogP) is 4.01. The molecule has 3 heterocycles. The topological polar surface area (TPSA) is 87.9 Å². The predicted molar refractivity (Wildman–Crippen MR) is 109 cm³/mol. The van der Waals surface area contributed by atoms with Crippen LogP contribution in [0, 0.1) is 0 Å². The summed E-state index contributed by atoms with van der Waals surface area (Å²) >= 11 is 1.56. The van der Waals surface area contributed by atoms with Crippen LogP contribution in [0.2, 0.25) is 0 Å². The molecule has 0 saturated heterocycles. The van der Waals surface area contributed by atoms with Crippen LogP contribution in [0.4, 0.5) is 0 Å². The highest BCUT2D eigenvalue weighted by Gasteiger charge is 2.21. The first kappa shape index (κ1) is 18.5. The van der Waals surface area contributed by atoms with E-state index in [4.69, 9.17) is 4.42 Å². The summed E-state index contributed by atoms with van der Waals surface area (Å²) < 4.78 is 5.84. The molecule has 4 aromatic rings. The monoisotopic (exact) mass is 395 g/mol. The van der Waals surface area contributed by atoms with E-state index >= 15 is 0 Å². The standard InChI is InChI=1S/C20H21N5O2S/c1-3-10-25(12-17-23-24-20(27-17)16-9-6-11-28-16)13(2)18-21-15-8-5-4-7-14(15)19(26)22-18/h4-9,11,13H,3,10,12H2,1-2H3,(H,21,22,26)/t13-/m1/s1. The van der Waals surface area contributed by atoms with Gasteiger partial charge in [-0.15, -0.1) is 21.5 Å². The van der Waals surface area contributed by atoms with Gasteiger partial charge in [0, 0.05) is 0 Å². The number of benzene rings is 1. The van der Waals surface area contributed by atoms with Gasteiger partial charge in [-0.1, -0.05) is 25.1 Å². The first-order valence-corrected chi connectivity index (χ1v) is 10.1. The summed E-state index contributed by atoms with van der Waals surface area (Å²) in [6.45, 7) is 5.44. The van der Waals surface area contributed by atoms with Crippen molar-refractivity contribution in [3.63, 3.8) is 0 Å². The lowest BCUT2D eigenvalue weighted by Crippen LogP contribution is -2.30. The van der Waals surface area contributed by atoms with Crippen LogP contribution >= 0.6 is 11.3 Å². The van der Waals surface area contributed by atoms with Gasteiger partial charge in [-0.05, 0) is 43.5 Å². The van der Waals surface area contributed by atoms with Crippen LogP contribution in [0.1, 0.15) is 38.0 Å². The average molecular weight is 395 g/mol. The van der Waals surface area contributed by atoms with E-state index in [-0.39, 0.29) is 11.6 Å². The third kappa shape index (κ3) is 3.74. The van der Waals surface area contributed by atoms with E-state index in [0.717, 1.165) is 17.8 Å². The number of aromatic nitrogens is 4. The molecule has 0 aliphatic carbocycles. The van der Waals surface area contributed by atoms with Gasteiger partial charge in [0.25, 0.3) is 11.4 Å². The van der Waals surface area contributed by atoms with Crippen LogP contribution in [0.15, 0.2) is 51.0 Å². The fourth-order valence-electron chi connectivity index (χ4n) is 3.16. The largest absolute Gasteiger partial charge is 0.419 e. The lowest BCUT2D eigenvalue weighted by Gasteiger charge is -2.26. The number of fused-ring (bicyclic) bond motifs is 1.